The molecule has 6 nitrogen and oxygen atoms in total. The number of benzene rings is 1. The summed E-state index contributed by atoms with van der Waals surface area (Å²) in [5.74, 6) is -0.336. The Morgan fingerprint density at radius 2 is 2.12 bits per heavy atom. The van der Waals surface area contributed by atoms with Gasteiger partial charge in [0.1, 0.15) is 18.5 Å². The fraction of sp³-hybridized carbons (Fsp3) is 0.500. The van der Waals surface area contributed by atoms with Crippen LogP contribution in [0.25, 0.3) is 0 Å². The number of hydrogen-bond donors (Lipinski definition) is 1. The molecule has 0 aliphatic carbocycles. The first kappa shape index (κ1) is 19.0. The number of nitrogens with zero attached hydrogens (tertiary/aromatic N) is 1. The van der Waals surface area contributed by atoms with Gasteiger partial charge in [-0.15, -0.1) is 0 Å². The van der Waals surface area contributed by atoms with E-state index in [9.17, 15) is 22.8 Å². The van der Waals surface area contributed by atoms with Gasteiger partial charge < -0.3 is 19.7 Å². The summed E-state index contributed by atoms with van der Waals surface area (Å²) in [6.07, 6.45) is -4.54. The molecule has 0 aromatic heterocycles. The Kier molecular flexibility index (Phi) is 5.89. The van der Waals surface area contributed by atoms with Crippen LogP contribution in [0.15, 0.2) is 18.2 Å². The molecule has 0 spiro atoms. The third-order valence-corrected chi connectivity index (χ3v) is 3.68. The molecular formula is C16H19F3N2O4. The Balaban J connectivity index is 2.05. The lowest BCUT2D eigenvalue weighted by molar-refractivity contribution is -0.184. The summed E-state index contributed by atoms with van der Waals surface area (Å²) in [5, 5.41) is 2.47. The predicted molar refractivity (Wildman–Crippen MR) is 84.7 cm³/mol. The number of alkyl halides is 3. The highest BCUT2D eigenvalue weighted by molar-refractivity contribution is 5.98. The first-order valence-electron chi connectivity index (χ1n) is 7.69. The Morgan fingerprint density at radius 3 is 2.68 bits per heavy atom. The molecule has 2 amide bonds. The first-order valence-corrected chi connectivity index (χ1v) is 7.69. The van der Waals surface area contributed by atoms with E-state index in [0.29, 0.717) is 30.1 Å². The molecule has 1 atom stereocenters. The van der Waals surface area contributed by atoms with Crippen molar-refractivity contribution < 1.29 is 32.2 Å². The molecule has 1 heterocycles. The normalized spacial score (nSPS) is 16.0. The van der Waals surface area contributed by atoms with Crippen molar-refractivity contribution in [3.05, 3.63) is 18.2 Å². The van der Waals surface area contributed by atoms with Gasteiger partial charge in [0.2, 0.25) is 5.91 Å². The Morgan fingerprint density at radius 1 is 1.40 bits per heavy atom. The minimum atomic E-state index is -4.50. The van der Waals surface area contributed by atoms with Crippen molar-refractivity contribution in [1.29, 1.82) is 0 Å². The number of methoxy groups -OCH3 is 1. The lowest BCUT2D eigenvalue weighted by Crippen LogP contribution is -2.31. The number of carbonyl (C=O) groups excluding carboxylic acids is 2. The van der Waals surface area contributed by atoms with Gasteiger partial charge in [-0.1, -0.05) is 0 Å². The van der Waals surface area contributed by atoms with Crippen LogP contribution in [-0.2, 0) is 14.3 Å². The fourth-order valence-electron chi connectivity index (χ4n) is 2.42. The van der Waals surface area contributed by atoms with Crippen LogP contribution in [-0.4, -0.2) is 44.4 Å². The maximum Gasteiger partial charge on any atom is 0.411 e. The summed E-state index contributed by atoms with van der Waals surface area (Å²) in [4.78, 5) is 25.4. The monoisotopic (exact) mass is 360 g/mol. The highest BCUT2D eigenvalue weighted by atomic mass is 19.4. The Hall–Kier alpha value is -2.29. The standard InChI is InChI=1S/C16H19F3N2O4/c1-10(25-9-16(17,18)19)15(23)20-11-5-6-12(13(8-11)24-2)21-7-3-4-14(21)22/h5-6,8,10H,3-4,7,9H2,1-2H3,(H,20,23)/t10-/m1/s1. The zero-order valence-electron chi connectivity index (χ0n) is 13.9. The molecular weight excluding hydrogens is 341 g/mol. The van der Waals surface area contributed by atoms with Crippen molar-refractivity contribution in [3.8, 4) is 5.75 Å². The molecule has 1 fully saturated rings. The van der Waals surface area contributed by atoms with Gasteiger partial charge >= 0.3 is 6.18 Å². The molecule has 1 aliphatic rings. The van der Waals surface area contributed by atoms with Crippen LogP contribution in [0.4, 0.5) is 24.5 Å². The molecule has 25 heavy (non-hydrogen) atoms. The van der Waals surface area contributed by atoms with Gasteiger partial charge in [0.25, 0.3) is 5.91 Å². The Bertz CT molecular complexity index is 649. The van der Waals surface area contributed by atoms with E-state index in [1.807, 2.05) is 0 Å². The second-order valence-electron chi connectivity index (χ2n) is 5.59. The van der Waals surface area contributed by atoms with Crippen LogP contribution >= 0.6 is 0 Å². The lowest BCUT2D eigenvalue weighted by Gasteiger charge is -2.20. The number of anilines is 2. The molecule has 1 saturated heterocycles. The van der Waals surface area contributed by atoms with E-state index in [2.05, 4.69) is 10.1 Å². The fourth-order valence-corrected chi connectivity index (χ4v) is 2.42. The number of nitrogens with one attached hydrogen (secondary N) is 1. The average molecular weight is 360 g/mol. The molecule has 0 radical (unpaired) electrons. The number of rotatable bonds is 6. The molecule has 1 N–H and O–H groups in total. The maximum absolute atomic E-state index is 12.1. The van der Waals surface area contributed by atoms with E-state index in [4.69, 9.17) is 4.74 Å². The molecule has 0 bridgehead atoms. The van der Waals surface area contributed by atoms with Crippen molar-refractivity contribution in [2.24, 2.45) is 0 Å². The number of hydrogen-bond acceptors (Lipinski definition) is 4. The summed E-state index contributed by atoms with van der Waals surface area (Å²) < 4.78 is 46.1. The summed E-state index contributed by atoms with van der Waals surface area (Å²) in [7, 11) is 1.43. The van der Waals surface area contributed by atoms with Gasteiger partial charge in [-0.2, -0.15) is 13.2 Å². The number of ether oxygens (including phenoxy) is 2. The van der Waals surface area contributed by atoms with Crippen molar-refractivity contribution in [2.75, 3.05) is 30.5 Å². The van der Waals surface area contributed by atoms with Crippen LogP contribution in [0.1, 0.15) is 19.8 Å². The van der Waals surface area contributed by atoms with E-state index < -0.39 is 24.8 Å². The number of amides is 2. The van der Waals surface area contributed by atoms with E-state index in [-0.39, 0.29) is 5.91 Å². The van der Waals surface area contributed by atoms with Gasteiger partial charge in [0, 0.05) is 24.7 Å². The van der Waals surface area contributed by atoms with E-state index >= 15 is 0 Å². The second kappa shape index (κ2) is 7.73. The second-order valence-corrected chi connectivity index (χ2v) is 5.59. The average Bonchev–Trinajstić information content (AvgIpc) is 2.97. The molecule has 9 heteroatoms. The van der Waals surface area contributed by atoms with Gasteiger partial charge in [0.05, 0.1) is 12.8 Å². The molecule has 2 rings (SSSR count). The minimum Gasteiger partial charge on any atom is -0.494 e. The quantitative estimate of drug-likeness (QED) is 0.847. The summed E-state index contributed by atoms with van der Waals surface area (Å²) >= 11 is 0. The minimum absolute atomic E-state index is 0.00995. The highest BCUT2D eigenvalue weighted by Crippen LogP contribution is 2.33. The first-order chi connectivity index (χ1) is 11.7. The molecule has 1 aromatic rings. The van der Waals surface area contributed by atoms with Crippen LogP contribution in [0, 0.1) is 0 Å². The molecule has 138 valence electrons. The van der Waals surface area contributed by atoms with Gasteiger partial charge in [-0.3, -0.25) is 9.59 Å². The topological polar surface area (TPSA) is 67.9 Å². The van der Waals surface area contributed by atoms with Crippen molar-refractivity contribution >= 4 is 23.2 Å². The Labute approximate surface area is 142 Å². The van der Waals surface area contributed by atoms with Crippen molar-refractivity contribution in [3.63, 3.8) is 0 Å². The van der Waals surface area contributed by atoms with Crippen molar-refractivity contribution in [2.45, 2.75) is 32.0 Å². The van der Waals surface area contributed by atoms with Gasteiger partial charge in [0.15, 0.2) is 0 Å². The largest absolute Gasteiger partial charge is 0.494 e. The summed E-state index contributed by atoms with van der Waals surface area (Å²) in [6, 6.07) is 4.69. The smallest absolute Gasteiger partial charge is 0.411 e. The zero-order chi connectivity index (χ0) is 18.6. The lowest BCUT2D eigenvalue weighted by atomic mass is 10.2. The molecule has 1 aromatic carbocycles. The van der Waals surface area contributed by atoms with E-state index in [1.165, 1.54) is 20.1 Å². The van der Waals surface area contributed by atoms with Crippen LogP contribution in [0.5, 0.6) is 5.75 Å². The van der Waals surface area contributed by atoms with E-state index in [1.54, 1.807) is 17.0 Å². The predicted octanol–water partition coefficient (Wildman–Crippen LogP) is 2.73. The third-order valence-electron chi connectivity index (χ3n) is 3.68. The highest BCUT2D eigenvalue weighted by Gasteiger charge is 2.30. The van der Waals surface area contributed by atoms with E-state index in [0.717, 1.165) is 6.42 Å². The molecule has 1 aliphatic heterocycles. The third kappa shape index (κ3) is 5.09. The molecule has 0 saturated carbocycles. The van der Waals surface area contributed by atoms with Crippen LogP contribution < -0.4 is 15.0 Å². The maximum atomic E-state index is 12.1. The number of halogens is 3. The number of carbonyl (C=O) groups is 2. The summed E-state index contributed by atoms with van der Waals surface area (Å²) in [6.45, 7) is 0.319. The SMILES string of the molecule is COc1cc(NC(=O)[C@@H](C)OCC(F)(F)F)ccc1N1CCCC1=O. The zero-order valence-corrected chi connectivity index (χ0v) is 13.9. The van der Waals surface area contributed by atoms with Crippen molar-refractivity contribution in [1.82, 2.24) is 0 Å². The van der Waals surface area contributed by atoms with Gasteiger partial charge in [-0.25, -0.2) is 0 Å². The van der Waals surface area contributed by atoms with Gasteiger partial charge in [-0.05, 0) is 25.5 Å². The van der Waals surface area contributed by atoms with Crippen LogP contribution in [0.3, 0.4) is 0 Å². The van der Waals surface area contributed by atoms with Crippen LogP contribution in [0.2, 0.25) is 0 Å². The summed E-state index contributed by atoms with van der Waals surface area (Å²) in [5.41, 5.74) is 0.920. The molecule has 0 unspecified atom stereocenters.